The number of benzene rings is 9. The van der Waals surface area contributed by atoms with E-state index in [-0.39, 0.29) is 0 Å². The highest BCUT2D eigenvalue weighted by atomic mass is 15.1. The molecule has 0 unspecified atom stereocenters. The van der Waals surface area contributed by atoms with Gasteiger partial charge in [0.25, 0.3) is 0 Å². The Morgan fingerprint density at radius 1 is 0.333 bits per heavy atom. The molecule has 2 aromatic heterocycles. The number of hydrogen-bond acceptors (Lipinski definition) is 2. The van der Waals surface area contributed by atoms with E-state index < -0.39 is 0 Å². The number of hydrogen-bond donors (Lipinski definition) is 0. The lowest BCUT2D eigenvalue weighted by atomic mass is 10.0. The molecule has 0 fully saturated rings. The van der Waals surface area contributed by atoms with Crippen molar-refractivity contribution >= 4 is 60.7 Å². The van der Waals surface area contributed by atoms with Crippen LogP contribution in [0.3, 0.4) is 0 Å². The summed E-state index contributed by atoms with van der Waals surface area (Å²) in [5.41, 5.74) is 13.3. The predicted octanol–water partition coefficient (Wildman–Crippen LogP) is 14.1. The van der Waals surface area contributed by atoms with E-state index in [0.717, 1.165) is 50.9 Å². The Bertz CT molecular complexity index is 3160. The molecule has 11 aromatic rings. The minimum absolute atomic E-state index is 0.906. The van der Waals surface area contributed by atoms with Crippen LogP contribution in [0.1, 0.15) is 0 Å². The molecule has 0 N–H and O–H groups in total. The standard InChI is InChI=1S/C53H36N4/c1-2-14-42(15-3-1)55(44-32-34-45(35-33-44)56-50-19-9-6-16-47(50)48-17-7-10-20-51(48)56)43-30-26-39(27-31-43)53-54-49-18-8-11-21-52(49)57(53)46-28-24-38(25-29-46)41-23-22-37-12-4-5-13-40(37)36-41/h1-36H. The molecule has 0 aliphatic heterocycles. The second-order valence-corrected chi connectivity index (χ2v) is 14.5. The number of anilines is 3. The topological polar surface area (TPSA) is 26.0 Å². The maximum Gasteiger partial charge on any atom is 0.145 e. The van der Waals surface area contributed by atoms with Crippen LogP contribution >= 0.6 is 0 Å². The molecule has 11 rings (SSSR count). The number of para-hydroxylation sites is 5. The van der Waals surface area contributed by atoms with Gasteiger partial charge >= 0.3 is 0 Å². The van der Waals surface area contributed by atoms with E-state index in [4.69, 9.17) is 4.98 Å². The Hall–Kier alpha value is -7.69. The first-order chi connectivity index (χ1) is 28.3. The maximum atomic E-state index is 5.19. The van der Waals surface area contributed by atoms with Crippen LogP contribution in [0, 0.1) is 0 Å². The quantitative estimate of drug-likeness (QED) is 0.163. The second kappa shape index (κ2) is 13.6. The summed E-state index contributed by atoms with van der Waals surface area (Å²) in [6.45, 7) is 0. The highest BCUT2D eigenvalue weighted by Gasteiger charge is 2.18. The summed E-state index contributed by atoms with van der Waals surface area (Å²) in [5.74, 6) is 0.906. The number of imidazole rings is 1. The Balaban J connectivity index is 0.961. The summed E-state index contributed by atoms with van der Waals surface area (Å²) in [6.07, 6.45) is 0. The third kappa shape index (κ3) is 5.66. The summed E-state index contributed by atoms with van der Waals surface area (Å²) < 4.78 is 4.63. The van der Waals surface area contributed by atoms with Gasteiger partial charge in [-0.05, 0) is 125 Å². The van der Waals surface area contributed by atoms with Gasteiger partial charge in [-0.25, -0.2) is 4.98 Å². The van der Waals surface area contributed by atoms with Gasteiger partial charge in [0.2, 0.25) is 0 Å². The molecule has 4 heteroatoms. The van der Waals surface area contributed by atoms with Crippen LogP contribution in [0.2, 0.25) is 0 Å². The molecule has 0 spiro atoms. The van der Waals surface area contributed by atoms with Crippen LogP contribution in [0.25, 0.3) is 77.5 Å². The third-order valence-electron chi connectivity index (χ3n) is 11.1. The predicted molar refractivity (Wildman–Crippen MR) is 238 cm³/mol. The first-order valence-corrected chi connectivity index (χ1v) is 19.4. The van der Waals surface area contributed by atoms with Crippen molar-refractivity contribution in [2.75, 3.05) is 4.90 Å². The summed E-state index contributed by atoms with van der Waals surface area (Å²) in [5, 5.41) is 5.01. The minimum atomic E-state index is 0.906. The van der Waals surface area contributed by atoms with Crippen molar-refractivity contribution in [3.63, 3.8) is 0 Å². The van der Waals surface area contributed by atoms with Gasteiger partial charge in [0.1, 0.15) is 5.82 Å². The Morgan fingerprint density at radius 2 is 0.825 bits per heavy atom. The number of rotatable bonds is 7. The van der Waals surface area contributed by atoms with Gasteiger partial charge in [-0.15, -0.1) is 0 Å². The minimum Gasteiger partial charge on any atom is -0.311 e. The summed E-state index contributed by atoms with van der Waals surface area (Å²) >= 11 is 0. The lowest BCUT2D eigenvalue weighted by Crippen LogP contribution is -2.10. The van der Waals surface area contributed by atoms with Gasteiger partial charge in [0, 0.05) is 44.8 Å². The van der Waals surface area contributed by atoms with E-state index in [1.807, 2.05) is 0 Å². The fourth-order valence-corrected chi connectivity index (χ4v) is 8.39. The van der Waals surface area contributed by atoms with Gasteiger partial charge < -0.3 is 9.47 Å². The van der Waals surface area contributed by atoms with Gasteiger partial charge in [-0.2, -0.15) is 0 Å². The lowest BCUT2D eigenvalue weighted by molar-refractivity contribution is 1.10. The van der Waals surface area contributed by atoms with Crippen LogP contribution in [0.5, 0.6) is 0 Å². The molecular weight excluding hydrogens is 693 g/mol. The molecule has 268 valence electrons. The highest BCUT2D eigenvalue weighted by molar-refractivity contribution is 6.09. The van der Waals surface area contributed by atoms with Crippen LogP contribution < -0.4 is 4.90 Å². The van der Waals surface area contributed by atoms with Gasteiger partial charge in [-0.3, -0.25) is 4.57 Å². The zero-order valence-electron chi connectivity index (χ0n) is 31.1. The Labute approximate surface area is 330 Å². The molecule has 0 amide bonds. The molecular formula is C53H36N4. The van der Waals surface area contributed by atoms with Crippen molar-refractivity contribution in [1.29, 1.82) is 0 Å². The SMILES string of the molecule is c1ccc(N(c2ccc(-c3nc4ccccc4n3-c3ccc(-c4ccc5ccccc5c4)cc3)cc2)c2ccc(-n3c4ccccc4c4ccccc43)cc2)cc1. The fourth-order valence-electron chi connectivity index (χ4n) is 8.39. The second-order valence-electron chi connectivity index (χ2n) is 14.5. The monoisotopic (exact) mass is 728 g/mol. The molecule has 2 heterocycles. The highest BCUT2D eigenvalue weighted by Crippen LogP contribution is 2.38. The van der Waals surface area contributed by atoms with Crippen molar-refractivity contribution in [2.45, 2.75) is 0 Å². The normalized spacial score (nSPS) is 11.5. The van der Waals surface area contributed by atoms with Crippen molar-refractivity contribution in [3.05, 3.63) is 218 Å². The molecule has 0 aliphatic carbocycles. The zero-order valence-corrected chi connectivity index (χ0v) is 31.1. The Kier molecular flexibility index (Phi) is 7.78. The van der Waals surface area contributed by atoms with Crippen LogP contribution in [0.15, 0.2) is 218 Å². The molecule has 0 saturated carbocycles. The van der Waals surface area contributed by atoms with E-state index in [1.165, 1.54) is 43.7 Å². The summed E-state index contributed by atoms with van der Waals surface area (Å²) in [7, 11) is 0. The third-order valence-corrected chi connectivity index (χ3v) is 11.1. The van der Waals surface area contributed by atoms with E-state index >= 15 is 0 Å². The lowest BCUT2D eigenvalue weighted by Gasteiger charge is -2.26. The van der Waals surface area contributed by atoms with Crippen molar-refractivity contribution < 1.29 is 0 Å². The molecule has 4 nitrogen and oxygen atoms in total. The number of nitrogens with zero attached hydrogens (tertiary/aromatic N) is 4. The average Bonchev–Trinajstić information content (AvgIpc) is 3.84. The van der Waals surface area contributed by atoms with E-state index in [1.54, 1.807) is 0 Å². The molecule has 0 saturated heterocycles. The molecule has 57 heavy (non-hydrogen) atoms. The van der Waals surface area contributed by atoms with Crippen molar-refractivity contribution in [2.24, 2.45) is 0 Å². The molecule has 9 aromatic carbocycles. The molecule has 0 bridgehead atoms. The van der Waals surface area contributed by atoms with Gasteiger partial charge in [0.05, 0.1) is 22.1 Å². The summed E-state index contributed by atoms with van der Waals surface area (Å²) in [6, 6.07) is 78.0. The fraction of sp³-hybridized carbons (Fsp3) is 0. The largest absolute Gasteiger partial charge is 0.311 e. The van der Waals surface area contributed by atoms with Gasteiger partial charge in [-0.1, -0.05) is 115 Å². The van der Waals surface area contributed by atoms with E-state index in [0.29, 0.717) is 0 Å². The van der Waals surface area contributed by atoms with Crippen molar-refractivity contribution in [1.82, 2.24) is 14.1 Å². The maximum absolute atomic E-state index is 5.19. The van der Waals surface area contributed by atoms with Crippen molar-refractivity contribution in [3.8, 4) is 33.9 Å². The average molecular weight is 729 g/mol. The molecule has 0 atom stereocenters. The first kappa shape index (κ1) is 32.7. The molecule has 0 radical (unpaired) electrons. The van der Waals surface area contributed by atoms with Gasteiger partial charge in [0.15, 0.2) is 0 Å². The van der Waals surface area contributed by atoms with Crippen LogP contribution in [-0.4, -0.2) is 14.1 Å². The first-order valence-electron chi connectivity index (χ1n) is 19.4. The van der Waals surface area contributed by atoms with E-state index in [2.05, 4.69) is 232 Å². The smallest absolute Gasteiger partial charge is 0.145 e. The zero-order chi connectivity index (χ0) is 37.7. The van der Waals surface area contributed by atoms with Crippen LogP contribution in [-0.2, 0) is 0 Å². The summed E-state index contributed by atoms with van der Waals surface area (Å²) in [4.78, 5) is 7.50. The van der Waals surface area contributed by atoms with Crippen LogP contribution in [0.4, 0.5) is 17.1 Å². The number of fused-ring (bicyclic) bond motifs is 5. The number of aromatic nitrogens is 3. The Morgan fingerprint density at radius 3 is 1.53 bits per heavy atom. The van der Waals surface area contributed by atoms with E-state index in [9.17, 15) is 0 Å². The molecule has 0 aliphatic rings.